The van der Waals surface area contributed by atoms with E-state index in [9.17, 15) is 10.2 Å². The average Bonchev–Trinajstić information content (AvgIpc) is 2.98. The van der Waals surface area contributed by atoms with Gasteiger partial charge in [-0.15, -0.1) is 0 Å². The number of aromatic hydroxyl groups is 2. The van der Waals surface area contributed by atoms with Gasteiger partial charge in [-0.2, -0.15) is 0 Å². The largest absolute Gasteiger partial charge is 2.00 e. The molecule has 9 heteroatoms. The van der Waals surface area contributed by atoms with Crippen LogP contribution in [-0.4, -0.2) is 34.6 Å². The molecule has 4 rings (SSSR count). The number of carbonyl (C=O) groups excluding carboxylic acids is 2. The van der Waals surface area contributed by atoms with Gasteiger partial charge in [0, 0.05) is 40.9 Å². The zero-order chi connectivity index (χ0) is 32.5. The van der Waals surface area contributed by atoms with Crippen LogP contribution in [0.4, 0.5) is 11.4 Å². The minimum Gasteiger partial charge on any atom is -0.550 e. The number of carboxylic acids is 2. The van der Waals surface area contributed by atoms with Crippen molar-refractivity contribution in [1.82, 2.24) is 0 Å². The van der Waals surface area contributed by atoms with Crippen LogP contribution in [0.1, 0.15) is 75.6 Å². The molecule has 0 bridgehead atoms. The summed E-state index contributed by atoms with van der Waals surface area (Å²) in [5.74, 6) is -1.73. The van der Waals surface area contributed by atoms with E-state index in [4.69, 9.17) is 29.8 Å². The summed E-state index contributed by atoms with van der Waals surface area (Å²) in [4.78, 5) is 27.3. The van der Waals surface area contributed by atoms with Gasteiger partial charge in [0.05, 0.1) is 11.4 Å². The normalized spacial score (nSPS) is 10.5. The molecule has 2 N–H and O–H groups in total. The quantitative estimate of drug-likeness (QED) is 0.202. The number of fused-ring (bicyclic) bond motifs is 1. The van der Waals surface area contributed by atoms with Crippen molar-refractivity contribution in [3.8, 4) is 11.5 Å². The summed E-state index contributed by atoms with van der Waals surface area (Å²) in [5, 5.41) is 40.5. The van der Waals surface area contributed by atoms with Crippen molar-refractivity contribution in [2.75, 3.05) is 0 Å². The van der Waals surface area contributed by atoms with Gasteiger partial charge in [-0.3, -0.25) is 9.98 Å². The second-order valence-corrected chi connectivity index (χ2v) is 10.1. The Morgan fingerprint density at radius 3 is 1.42 bits per heavy atom. The summed E-state index contributed by atoms with van der Waals surface area (Å²) in [5.41, 5.74) is 5.35. The number of hydrogen-bond donors (Lipinski definition) is 2. The Hall–Kier alpha value is -4.47. The smallest absolute Gasteiger partial charge is 0.550 e. The first-order chi connectivity index (χ1) is 21.0. The van der Waals surface area contributed by atoms with Crippen LogP contribution in [-0.2, 0) is 39.2 Å². The number of aliphatic carboxylic acids is 2. The Morgan fingerprint density at radius 1 is 0.689 bits per heavy atom. The second kappa shape index (κ2) is 20.5. The van der Waals surface area contributed by atoms with Crippen molar-refractivity contribution in [2.24, 2.45) is 9.98 Å². The SMILES string of the molecule is CC(=O)[O-].CC(=O)[O-].CCCCc1ccc(O)c(C=Nc2cccc3cccc(N=Cc4cc(CCCC)ccc4O)c23)c1.[Co+2]. The molecule has 239 valence electrons. The number of aryl methyl sites for hydroxylation is 2. The fraction of sp³-hybridized carbons (Fsp3) is 0.278. The fourth-order valence-corrected chi connectivity index (χ4v) is 4.28. The number of carbonyl (C=O) groups is 2. The molecule has 0 spiro atoms. The van der Waals surface area contributed by atoms with E-state index >= 15 is 0 Å². The maximum absolute atomic E-state index is 10.4. The number of benzene rings is 4. The number of carboxylic acid groups (broad SMARTS) is 2. The molecule has 4 aromatic carbocycles. The standard InChI is InChI=1S/C32H34N2O2.2C2H4O2.Co/c1-3-5-9-23-15-17-30(35)26(19-23)21-33-28-13-7-11-25-12-8-14-29(32(25)28)34-22-27-20-24(10-6-4-2)16-18-31(27)36;2*1-2(3)4;/h7-8,11-22,35-36H,3-6,9-10H2,1-2H3;2*1H3,(H,3,4);/q;;;+2/p-2. The van der Waals surface area contributed by atoms with E-state index in [2.05, 4.69) is 13.8 Å². The molecular weight excluding hydrogens is 615 g/mol. The number of phenols is 2. The Balaban J connectivity index is 0.00000101. The van der Waals surface area contributed by atoms with Crippen molar-refractivity contribution in [3.63, 3.8) is 0 Å². The fourth-order valence-electron chi connectivity index (χ4n) is 4.28. The number of rotatable bonds is 10. The molecule has 0 atom stereocenters. The zero-order valence-electron chi connectivity index (χ0n) is 26.1. The topological polar surface area (TPSA) is 145 Å². The van der Waals surface area contributed by atoms with Crippen molar-refractivity contribution >= 4 is 46.5 Å². The Morgan fingerprint density at radius 2 is 1.07 bits per heavy atom. The van der Waals surface area contributed by atoms with Gasteiger partial charge < -0.3 is 30.0 Å². The van der Waals surface area contributed by atoms with Gasteiger partial charge in [-0.25, -0.2) is 0 Å². The van der Waals surface area contributed by atoms with Gasteiger partial charge in [0.2, 0.25) is 0 Å². The summed E-state index contributed by atoms with van der Waals surface area (Å²) >= 11 is 0. The minimum absolute atomic E-state index is 0. The van der Waals surface area contributed by atoms with E-state index in [1.54, 1.807) is 24.6 Å². The third kappa shape index (κ3) is 13.8. The summed E-state index contributed by atoms with van der Waals surface area (Å²) in [6.07, 6.45) is 9.90. The molecule has 0 amide bonds. The number of nitrogens with zero attached hydrogens (tertiary/aromatic N) is 2. The number of hydrogen-bond acceptors (Lipinski definition) is 8. The predicted molar refractivity (Wildman–Crippen MR) is 173 cm³/mol. The van der Waals surface area contributed by atoms with Crippen molar-refractivity contribution < 1.29 is 46.8 Å². The van der Waals surface area contributed by atoms with Gasteiger partial charge in [0.1, 0.15) is 11.5 Å². The molecule has 0 unspecified atom stereocenters. The van der Waals surface area contributed by atoms with Crippen molar-refractivity contribution in [3.05, 3.63) is 95.1 Å². The number of aliphatic imine (C=N–C) groups is 2. The second-order valence-electron chi connectivity index (χ2n) is 10.1. The average molecular weight is 656 g/mol. The maximum atomic E-state index is 10.4. The Kier molecular flexibility index (Phi) is 17.5. The Labute approximate surface area is 275 Å². The molecule has 8 nitrogen and oxygen atoms in total. The van der Waals surface area contributed by atoms with Crippen LogP contribution in [0.2, 0.25) is 0 Å². The van der Waals surface area contributed by atoms with E-state index in [1.165, 1.54) is 11.1 Å². The molecule has 0 fully saturated rings. The molecule has 0 saturated carbocycles. The molecule has 1 radical (unpaired) electrons. The first kappa shape index (κ1) is 38.6. The van der Waals surface area contributed by atoms with Crippen LogP contribution < -0.4 is 10.2 Å². The molecule has 45 heavy (non-hydrogen) atoms. The predicted octanol–water partition coefficient (Wildman–Crippen LogP) is 5.95. The third-order valence-electron chi connectivity index (χ3n) is 6.37. The first-order valence-corrected chi connectivity index (χ1v) is 14.6. The molecular formula is C36H40CoN2O6. The summed E-state index contributed by atoms with van der Waals surface area (Å²) in [6, 6.07) is 23.4. The van der Waals surface area contributed by atoms with Crippen LogP contribution in [0.15, 0.2) is 82.8 Å². The van der Waals surface area contributed by atoms with Gasteiger partial charge in [0.15, 0.2) is 0 Å². The molecule has 0 aliphatic carbocycles. The third-order valence-corrected chi connectivity index (χ3v) is 6.37. The number of unbranched alkanes of at least 4 members (excludes halogenated alkanes) is 2. The summed E-state index contributed by atoms with van der Waals surface area (Å²) in [7, 11) is 0. The van der Waals surface area contributed by atoms with E-state index in [0.29, 0.717) is 11.1 Å². The summed E-state index contributed by atoms with van der Waals surface area (Å²) < 4.78 is 0. The maximum Gasteiger partial charge on any atom is 2.00 e. The van der Waals surface area contributed by atoms with E-state index in [0.717, 1.165) is 74.5 Å². The molecule has 0 aromatic heterocycles. The number of phenolic OH excluding ortho intramolecular Hbond substituents is 2. The minimum atomic E-state index is -1.08. The van der Waals surface area contributed by atoms with Crippen LogP contribution in [0.25, 0.3) is 10.8 Å². The van der Waals surface area contributed by atoms with Crippen LogP contribution in [0.5, 0.6) is 11.5 Å². The monoisotopic (exact) mass is 655 g/mol. The van der Waals surface area contributed by atoms with Gasteiger partial charge in [-0.05, 0) is 92.4 Å². The van der Waals surface area contributed by atoms with E-state index in [-0.39, 0.29) is 28.3 Å². The van der Waals surface area contributed by atoms with Gasteiger partial charge in [-0.1, -0.05) is 63.1 Å². The molecule has 0 saturated heterocycles. The van der Waals surface area contributed by atoms with Crippen LogP contribution >= 0.6 is 0 Å². The van der Waals surface area contributed by atoms with E-state index in [1.807, 2.05) is 60.7 Å². The zero-order valence-corrected chi connectivity index (χ0v) is 27.1. The molecule has 4 aromatic rings. The van der Waals surface area contributed by atoms with Crippen LogP contribution in [0, 0.1) is 0 Å². The molecule has 0 aliphatic rings. The van der Waals surface area contributed by atoms with Gasteiger partial charge in [0.25, 0.3) is 0 Å². The van der Waals surface area contributed by atoms with E-state index < -0.39 is 11.9 Å². The first-order valence-electron chi connectivity index (χ1n) is 14.6. The summed E-state index contributed by atoms with van der Waals surface area (Å²) in [6.45, 7) is 6.29. The van der Waals surface area contributed by atoms with Crippen molar-refractivity contribution in [1.29, 1.82) is 0 Å². The molecule has 0 heterocycles. The molecule has 0 aliphatic heterocycles. The van der Waals surface area contributed by atoms with Crippen LogP contribution in [0.3, 0.4) is 0 Å². The van der Waals surface area contributed by atoms with Crippen molar-refractivity contribution in [2.45, 2.75) is 66.2 Å². The van der Waals surface area contributed by atoms with Gasteiger partial charge >= 0.3 is 16.8 Å². The Bertz CT molecular complexity index is 1480.